The van der Waals surface area contributed by atoms with Gasteiger partial charge in [-0.2, -0.15) is 13.2 Å². The SMILES string of the molecule is C/C=C/C(C(=C\C)/NC(C)=Nc1cc(C(F)(F)F)ccn1)=C(/C)N. The monoisotopic (exact) mass is 338 g/mol. The number of alkyl halides is 3. The number of nitrogens with two attached hydrogens (primary N) is 1. The van der Waals surface area contributed by atoms with Crippen molar-refractivity contribution in [1.82, 2.24) is 10.3 Å². The number of pyridine rings is 1. The molecule has 130 valence electrons. The third-order valence-corrected chi connectivity index (χ3v) is 3.01. The minimum Gasteiger partial charge on any atom is -0.402 e. The van der Waals surface area contributed by atoms with Gasteiger partial charge < -0.3 is 11.1 Å². The molecule has 0 aliphatic heterocycles. The van der Waals surface area contributed by atoms with Gasteiger partial charge in [-0.25, -0.2) is 9.98 Å². The standard InChI is InChI=1S/C17H21F3N4/c1-5-7-14(11(3)21)15(6-2)23-12(4)24-16-10-13(8-9-22-16)17(18,19)20/h5-10H,21H2,1-4H3,(H,22,23,24)/b7-5+,14-11+,15-6+. The average Bonchev–Trinajstić information content (AvgIpc) is 2.49. The minimum absolute atomic E-state index is 0.0219. The van der Waals surface area contributed by atoms with Crippen LogP contribution in [0.1, 0.15) is 33.3 Å². The number of allylic oxidation sites excluding steroid dienone is 4. The summed E-state index contributed by atoms with van der Waals surface area (Å²) in [4.78, 5) is 7.93. The van der Waals surface area contributed by atoms with Crippen molar-refractivity contribution < 1.29 is 13.2 Å². The van der Waals surface area contributed by atoms with Crippen molar-refractivity contribution in [2.24, 2.45) is 10.7 Å². The molecule has 1 heterocycles. The lowest BCUT2D eigenvalue weighted by molar-refractivity contribution is -0.137. The van der Waals surface area contributed by atoms with E-state index in [-0.39, 0.29) is 5.82 Å². The van der Waals surface area contributed by atoms with E-state index in [1.165, 1.54) is 0 Å². The molecule has 0 saturated carbocycles. The summed E-state index contributed by atoms with van der Waals surface area (Å²) in [7, 11) is 0. The maximum atomic E-state index is 12.7. The largest absolute Gasteiger partial charge is 0.416 e. The van der Waals surface area contributed by atoms with Crippen molar-refractivity contribution in [2.75, 3.05) is 0 Å². The lowest BCUT2D eigenvalue weighted by atomic mass is 10.1. The maximum Gasteiger partial charge on any atom is 0.416 e. The van der Waals surface area contributed by atoms with E-state index in [1.807, 2.05) is 32.1 Å². The van der Waals surface area contributed by atoms with Crippen LogP contribution < -0.4 is 11.1 Å². The molecular weight excluding hydrogens is 317 g/mol. The molecule has 1 aromatic rings. The second kappa shape index (κ2) is 8.33. The zero-order valence-corrected chi connectivity index (χ0v) is 14.1. The summed E-state index contributed by atoms with van der Waals surface area (Å²) in [6.45, 7) is 7.10. The Morgan fingerprint density at radius 1 is 1.29 bits per heavy atom. The lowest BCUT2D eigenvalue weighted by Gasteiger charge is -2.13. The number of aliphatic imine (C=N–C) groups is 1. The van der Waals surface area contributed by atoms with Gasteiger partial charge in [0, 0.05) is 23.2 Å². The molecule has 4 nitrogen and oxygen atoms in total. The molecule has 0 aliphatic carbocycles. The predicted octanol–water partition coefficient (Wildman–Crippen LogP) is 4.45. The molecule has 0 aromatic carbocycles. The van der Waals surface area contributed by atoms with Crippen molar-refractivity contribution in [1.29, 1.82) is 0 Å². The summed E-state index contributed by atoms with van der Waals surface area (Å²) in [5.74, 6) is 0.379. The van der Waals surface area contributed by atoms with Gasteiger partial charge in [0.1, 0.15) is 5.84 Å². The average molecular weight is 338 g/mol. The fourth-order valence-corrected chi connectivity index (χ4v) is 1.95. The zero-order valence-electron chi connectivity index (χ0n) is 14.1. The highest BCUT2D eigenvalue weighted by Gasteiger charge is 2.30. The van der Waals surface area contributed by atoms with Gasteiger partial charge in [-0.15, -0.1) is 0 Å². The van der Waals surface area contributed by atoms with Gasteiger partial charge in [-0.3, -0.25) is 0 Å². The van der Waals surface area contributed by atoms with Gasteiger partial charge in [-0.05, 0) is 39.8 Å². The van der Waals surface area contributed by atoms with Crippen LogP contribution in [0.4, 0.5) is 19.0 Å². The smallest absolute Gasteiger partial charge is 0.402 e. The normalized spacial score (nSPS) is 14.8. The van der Waals surface area contributed by atoms with Gasteiger partial charge in [0.15, 0.2) is 5.82 Å². The van der Waals surface area contributed by atoms with Crippen LogP contribution in [0.25, 0.3) is 0 Å². The highest BCUT2D eigenvalue weighted by atomic mass is 19.4. The topological polar surface area (TPSA) is 63.3 Å². The molecule has 0 aliphatic rings. The number of nitrogens with one attached hydrogen (secondary N) is 1. The summed E-state index contributed by atoms with van der Waals surface area (Å²) < 4.78 is 38.2. The molecule has 24 heavy (non-hydrogen) atoms. The van der Waals surface area contributed by atoms with E-state index in [0.29, 0.717) is 17.2 Å². The first-order valence-corrected chi connectivity index (χ1v) is 7.30. The van der Waals surface area contributed by atoms with Crippen LogP contribution in [0.3, 0.4) is 0 Å². The Bertz CT molecular complexity index is 694. The van der Waals surface area contributed by atoms with Gasteiger partial charge in [-0.1, -0.05) is 18.2 Å². The van der Waals surface area contributed by atoms with E-state index in [1.54, 1.807) is 13.8 Å². The second-order valence-electron chi connectivity index (χ2n) is 5.02. The fourth-order valence-electron chi connectivity index (χ4n) is 1.95. The van der Waals surface area contributed by atoms with Crippen LogP contribution in [0, 0.1) is 0 Å². The highest BCUT2D eigenvalue weighted by molar-refractivity contribution is 5.84. The van der Waals surface area contributed by atoms with E-state index in [4.69, 9.17) is 5.73 Å². The molecule has 1 rings (SSSR count). The van der Waals surface area contributed by atoms with Crippen molar-refractivity contribution in [3.8, 4) is 0 Å². The van der Waals surface area contributed by atoms with Crippen LogP contribution >= 0.6 is 0 Å². The Kier molecular flexibility index (Phi) is 6.76. The van der Waals surface area contributed by atoms with E-state index in [2.05, 4.69) is 15.3 Å². The number of halogens is 3. The van der Waals surface area contributed by atoms with Crippen molar-refractivity contribution in [2.45, 2.75) is 33.9 Å². The molecule has 0 amide bonds. The predicted molar refractivity (Wildman–Crippen MR) is 90.6 cm³/mol. The van der Waals surface area contributed by atoms with Crippen molar-refractivity contribution >= 4 is 11.7 Å². The first-order valence-electron chi connectivity index (χ1n) is 7.30. The quantitative estimate of drug-likeness (QED) is 0.484. The number of amidine groups is 1. The van der Waals surface area contributed by atoms with Gasteiger partial charge >= 0.3 is 6.18 Å². The number of hydrogen-bond acceptors (Lipinski definition) is 3. The summed E-state index contributed by atoms with van der Waals surface area (Å²) in [6.07, 6.45) is 2.15. The van der Waals surface area contributed by atoms with Crippen molar-refractivity contribution in [3.63, 3.8) is 0 Å². The summed E-state index contributed by atoms with van der Waals surface area (Å²) in [5, 5.41) is 3.04. The summed E-state index contributed by atoms with van der Waals surface area (Å²) in [6, 6.07) is 1.81. The molecule has 3 N–H and O–H groups in total. The number of rotatable bonds is 4. The highest BCUT2D eigenvalue weighted by Crippen LogP contribution is 2.30. The molecule has 1 aromatic heterocycles. The van der Waals surface area contributed by atoms with Crippen LogP contribution in [-0.2, 0) is 6.18 Å². The van der Waals surface area contributed by atoms with Crippen molar-refractivity contribution in [3.05, 3.63) is 59.1 Å². The van der Waals surface area contributed by atoms with Crippen LogP contribution in [0.5, 0.6) is 0 Å². The van der Waals surface area contributed by atoms with E-state index in [0.717, 1.165) is 23.9 Å². The Morgan fingerprint density at radius 3 is 2.46 bits per heavy atom. The second-order valence-corrected chi connectivity index (χ2v) is 5.02. The molecule has 7 heteroatoms. The van der Waals surface area contributed by atoms with Gasteiger partial charge in [0.05, 0.1) is 5.56 Å². The molecular formula is C17H21F3N4. The Balaban J connectivity index is 3.08. The zero-order chi connectivity index (χ0) is 18.3. The molecule has 0 unspecified atom stereocenters. The van der Waals surface area contributed by atoms with Crippen LogP contribution in [0.2, 0.25) is 0 Å². The Morgan fingerprint density at radius 2 is 1.96 bits per heavy atom. The third-order valence-electron chi connectivity index (χ3n) is 3.01. The third kappa shape index (κ3) is 5.57. The molecule has 0 radical (unpaired) electrons. The maximum absolute atomic E-state index is 12.7. The molecule has 0 fully saturated rings. The summed E-state index contributed by atoms with van der Waals surface area (Å²) >= 11 is 0. The number of nitrogens with zero attached hydrogens (tertiary/aromatic N) is 2. The lowest BCUT2D eigenvalue weighted by Crippen LogP contribution is -2.21. The fraction of sp³-hybridized carbons (Fsp3) is 0.294. The van der Waals surface area contributed by atoms with Crippen LogP contribution in [-0.4, -0.2) is 10.8 Å². The van der Waals surface area contributed by atoms with Gasteiger partial charge in [0.2, 0.25) is 0 Å². The minimum atomic E-state index is -4.43. The summed E-state index contributed by atoms with van der Waals surface area (Å²) in [5.41, 5.74) is 7.18. The Labute approximate surface area is 139 Å². The van der Waals surface area contributed by atoms with E-state index in [9.17, 15) is 13.2 Å². The molecule has 0 atom stereocenters. The van der Waals surface area contributed by atoms with E-state index < -0.39 is 11.7 Å². The van der Waals surface area contributed by atoms with E-state index >= 15 is 0 Å². The first kappa shape index (κ1) is 19.5. The van der Waals surface area contributed by atoms with Crippen LogP contribution in [0.15, 0.2) is 58.5 Å². The molecule has 0 bridgehead atoms. The molecule has 0 saturated heterocycles. The molecule has 0 spiro atoms. The number of aromatic nitrogens is 1. The first-order chi connectivity index (χ1) is 11.2. The number of hydrogen-bond donors (Lipinski definition) is 2. The van der Waals surface area contributed by atoms with Gasteiger partial charge in [0.25, 0.3) is 0 Å². The Hall–Kier alpha value is -2.57.